The molecule has 3 amide bonds. The van der Waals surface area contributed by atoms with Crippen molar-refractivity contribution < 1.29 is 19.1 Å². The highest BCUT2D eigenvalue weighted by molar-refractivity contribution is 5.95. The summed E-state index contributed by atoms with van der Waals surface area (Å²) in [6, 6.07) is -0.478. The van der Waals surface area contributed by atoms with Crippen LogP contribution in [-0.2, 0) is 14.3 Å². The molecule has 1 saturated heterocycles. The minimum Gasteiger partial charge on any atom is -0.469 e. The van der Waals surface area contributed by atoms with Crippen molar-refractivity contribution in [2.75, 3.05) is 33.3 Å². The van der Waals surface area contributed by atoms with E-state index < -0.39 is 6.03 Å². The van der Waals surface area contributed by atoms with Gasteiger partial charge in [0.05, 0.1) is 19.6 Å². The molecule has 0 bridgehead atoms. The highest BCUT2D eigenvalue weighted by Crippen LogP contribution is 2.23. The number of ether oxygens (including phenoxy) is 1. The van der Waals surface area contributed by atoms with Crippen LogP contribution in [0.2, 0.25) is 0 Å². The number of urea groups is 1. The zero-order valence-electron chi connectivity index (χ0n) is 12.3. The van der Waals surface area contributed by atoms with E-state index in [2.05, 4.69) is 10.6 Å². The fourth-order valence-electron chi connectivity index (χ4n) is 2.31. The van der Waals surface area contributed by atoms with Crippen molar-refractivity contribution in [3.63, 3.8) is 0 Å². The van der Waals surface area contributed by atoms with Crippen molar-refractivity contribution >= 4 is 17.9 Å². The molecule has 0 aromatic carbocycles. The SMILES string of the molecule is CCCNC(=O)NC(=O)CN1CC(C)C(C(=O)OC)C1. The lowest BCUT2D eigenvalue weighted by Crippen LogP contribution is -2.44. The zero-order valence-corrected chi connectivity index (χ0v) is 12.3. The van der Waals surface area contributed by atoms with E-state index in [4.69, 9.17) is 4.74 Å². The number of carbonyl (C=O) groups excluding carboxylic acids is 3. The third kappa shape index (κ3) is 4.80. The third-order valence-electron chi connectivity index (χ3n) is 3.35. The third-order valence-corrected chi connectivity index (χ3v) is 3.35. The van der Waals surface area contributed by atoms with Gasteiger partial charge in [-0.15, -0.1) is 0 Å². The number of rotatable bonds is 5. The van der Waals surface area contributed by atoms with E-state index in [0.717, 1.165) is 6.42 Å². The molecular formula is C13H23N3O4. The molecule has 1 aliphatic rings. The van der Waals surface area contributed by atoms with Crippen molar-refractivity contribution in [1.82, 2.24) is 15.5 Å². The van der Waals surface area contributed by atoms with Gasteiger partial charge in [-0.25, -0.2) is 4.79 Å². The van der Waals surface area contributed by atoms with Crippen LogP contribution in [0.15, 0.2) is 0 Å². The summed E-state index contributed by atoms with van der Waals surface area (Å²) < 4.78 is 4.74. The number of nitrogens with zero attached hydrogens (tertiary/aromatic N) is 1. The average Bonchev–Trinajstić information content (AvgIpc) is 2.75. The highest BCUT2D eigenvalue weighted by Gasteiger charge is 2.36. The Labute approximate surface area is 119 Å². The van der Waals surface area contributed by atoms with Crippen LogP contribution in [0.4, 0.5) is 4.79 Å². The zero-order chi connectivity index (χ0) is 15.1. The number of imide groups is 1. The Balaban J connectivity index is 2.37. The van der Waals surface area contributed by atoms with Crippen LogP contribution in [0.3, 0.4) is 0 Å². The van der Waals surface area contributed by atoms with Gasteiger partial charge in [0.1, 0.15) is 0 Å². The first-order chi connectivity index (χ1) is 9.47. The number of esters is 1. The van der Waals surface area contributed by atoms with Crippen molar-refractivity contribution in [2.45, 2.75) is 20.3 Å². The van der Waals surface area contributed by atoms with Gasteiger partial charge in [-0.1, -0.05) is 13.8 Å². The van der Waals surface area contributed by atoms with Crippen LogP contribution >= 0.6 is 0 Å². The smallest absolute Gasteiger partial charge is 0.321 e. The summed E-state index contributed by atoms with van der Waals surface area (Å²) in [6.07, 6.45) is 0.812. The minimum atomic E-state index is -0.478. The maximum atomic E-state index is 11.7. The summed E-state index contributed by atoms with van der Waals surface area (Å²) in [5, 5.41) is 4.84. The maximum Gasteiger partial charge on any atom is 0.321 e. The fourth-order valence-corrected chi connectivity index (χ4v) is 2.31. The number of methoxy groups -OCH3 is 1. The van der Waals surface area contributed by atoms with E-state index in [1.54, 1.807) is 0 Å². The van der Waals surface area contributed by atoms with Crippen molar-refractivity contribution in [3.05, 3.63) is 0 Å². The van der Waals surface area contributed by atoms with E-state index in [1.165, 1.54) is 7.11 Å². The Morgan fingerprint density at radius 2 is 2.00 bits per heavy atom. The van der Waals surface area contributed by atoms with Gasteiger partial charge in [-0.05, 0) is 12.3 Å². The van der Waals surface area contributed by atoms with Gasteiger partial charge in [0, 0.05) is 19.6 Å². The van der Waals surface area contributed by atoms with Gasteiger partial charge in [-0.3, -0.25) is 19.8 Å². The fraction of sp³-hybridized carbons (Fsp3) is 0.769. The summed E-state index contributed by atoms with van der Waals surface area (Å²) in [4.78, 5) is 36.4. The molecule has 0 aromatic rings. The molecule has 1 fully saturated rings. The van der Waals surface area contributed by atoms with Gasteiger partial charge in [-0.2, -0.15) is 0 Å². The molecule has 0 radical (unpaired) electrons. The molecule has 0 aliphatic carbocycles. The number of amides is 3. The molecule has 0 aromatic heterocycles. The van der Waals surface area contributed by atoms with Crippen LogP contribution in [0, 0.1) is 11.8 Å². The predicted octanol–water partition coefficient (Wildman–Crippen LogP) is -0.0369. The summed E-state index contributed by atoms with van der Waals surface area (Å²) in [7, 11) is 1.36. The molecule has 1 aliphatic heterocycles. The Morgan fingerprint density at radius 3 is 2.60 bits per heavy atom. The van der Waals surface area contributed by atoms with Gasteiger partial charge in [0.25, 0.3) is 0 Å². The van der Waals surface area contributed by atoms with Gasteiger partial charge >= 0.3 is 12.0 Å². The highest BCUT2D eigenvalue weighted by atomic mass is 16.5. The van der Waals surface area contributed by atoms with Crippen LogP contribution in [0.5, 0.6) is 0 Å². The van der Waals surface area contributed by atoms with E-state index in [1.807, 2.05) is 18.7 Å². The number of nitrogens with one attached hydrogen (secondary N) is 2. The molecule has 2 N–H and O–H groups in total. The molecule has 0 spiro atoms. The Kier molecular flexibility index (Phi) is 6.44. The first-order valence-electron chi connectivity index (χ1n) is 6.85. The summed E-state index contributed by atoms with van der Waals surface area (Å²) >= 11 is 0. The standard InChI is InChI=1S/C13H23N3O4/c1-4-5-14-13(19)15-11(17)8-16-6-9(2)10(7-16)12(18)20-3/h9-10H,4-8H2,1-3H3,(H2,14,15,17,19). The molecule has 1 heterocycles. The molecule has 2 atom stereocenters. The monoisotopic (exact) mass is 285 g/mol. The predicted molar refractivity (Wildman–Crippen MR) is 72.9 cm³/mol. The van der Waals surface area contributed by atoms with Gasteiger partial charge < -0.3 is 10.1 Å². The number of hydrogen-bond donors (Lipinski definition) is 2. The van der Waals surface area contributed by atoms with Gasteiger partial charge in [0.2, 0.25) is 5.91 Å². The van der Waals surface area contributed by atoms with E-state index >= 15 is 0 Å². The maximum absolute atomic E-state index is 11.7. The van der Waals surface area contributed by atoms with Crippen molar-refractivity contribution in [3.8, 4) is 0 Å². The van der Waals surface area contributed by atoms with E-state index in [-0.39, 0.29) is 30.3 Å². The van der Waals surface area contributed by atoms with E-state index in [0.29, 0.717) is 19.6 Å². The molecule has 7 nitrogen and oxygen atoms in total. The summed E-state index contributed by atoms with van der Waals surface area (Å²) in [6.45, 7) is 5.65. The molecule has 7 heteroatoms. The number of likely N-dealkylation sites (tertiary alicyclic amines) is 1. The van der Waals surface area contributed by atoms with Crippen LogP contribution in [0.1, 0.15) is 20.3 Å². The van der Waals surface area contributed by atoms with Crippen LogP contribution < -0.4 is 10.6 Å². The lowest BCUT2D eigenvalue weighted by molar-refractivity contribution is -0.146. The number of carbonyl (C=O) groups is 3. The van der Waals surface area contributed by atoms with Gasteiger partial charge in [0.15, 0.2) is 0 Å². The summed E-state index contributed by atoms with van der Waals surface area (Å²) in [5.74, 6) is -0.677. The Bertz CT molecular complexity index is 373. The largest absolute Gasteiger partial charge is 0.469 e. The average molecular weight is 285 g/mol. The lowest BCUT2D eigenvalue weighted by Gasteiger charge is -2.14. The first kappa shape index (κ1) is 16.4. The normalized spacial score (nSPS) is 22.4. The molecular weight excluding hydrogens is 262 g/mol. The van der Waals surface area contributed by atoms with E-state index in [9.17, 15) is 14.4 Å². The molecule has 1 rings (SSSR count). The molecule has 20 heavy (non-hydrogen) atoms. The van der Waals surface area contributed by atoms with Crippen LogP contribution in [-0.4, -0.2) is 56.1 Å². The second-order valence-electron chi connectivity index (χ2n) is 5.11. The van der Waals surface area contributed by atoms with Crippen LogP contribution in [0.25, 0.3) is 0 Å². The van der Waals surface area contributed by atoms with Crippen molar-refractivity contribution in [1.29, 1.82) is 0 Å². The Morgan fingerprint density at radius 1 is 1.30 bits per heavy atom. The van der Waals surface area contributed by atoms with Crippen molar-refractivity contribution in [2.24, 2.45) is 11.8 Å². The second-order valence-corrected chi connectivity index (χ2v) is 5.11. The number of hydrogen-bond acceptors (Lipinski definition) is 5. The molecule has 114 valence electrons. The quantitative estimate of drug-likeness (QED) is 0.692. The molecule has 2 unspecified atom stereocenters. The second kappa shape index (κ2) is 7.84. The Hall–Kier alpha value is -1.63. The summed E-state index contributed by atoms with van der Waals surface area (Å²) in [5.41, 5.74) is 0. The lowest BCUT2D eigenvalue weighted by atomic mass is 9.99. The molecule has 0 saturated carbocycles. The minimum absolute atomic E-state index is 0.109. The topological polar surface area (TPSA) is 87.7 Å². The first-order valence-corrected chi connectivity index (χ1v) is 6.85.